The van der Waals surface area contributed by atoms with Crippen LogP contribution in [0.3, 0.4) is 0 Å². The number of hydrogen-bond acceptors (Lipinski definition) is 4. The molecule has 0 heterocycles. The smallest absolute Gasteiger partial charge is 0.292 e. The van der Waals surface area contributed by atoms with Crippen molar-refractivity contribution in [1.29, 1.82) is 0 Å². The van der Waals surface area contributed by atoms with Gasteiger partial charge in [0.1, 0.15) is 11.5 Å². The summed E-state index contributed by atoms with van der Waals surface area (Å²) in [4.78, 5) is 11.8. The standard InChI is InChI=1S/C11H15FN2O3/c1-11(2,7-15)13(3)10-6-8(12)4-5-9(10)14(16)17/h4-6,15H,7H2,1-3H3. The van der Waals surface area contributed by atoms with E-state index in [1.807, 2.05) is 0 Å². The maximum Gasteiger partial charge on any atom is 0.292 e. The quantitative estimate of drug-likeness (QED) is 0.647. The highest BCUT2D eigenvalue weighted by molar-refractivity contribution is 5.64. The molecule has 0 unspecified atom stereocenters. The topological polar surface area (TPSA) is 66.6 Å². The van der Waals surface area contributed by atoms with Crippen LogP contribution >= 0.6 is 0 Å². The van der Waals surface area contributed by atoms with Crippen LogP contribution in [0.2, 0.25) is 0 Å². The van der Waals surface area contributed by atoms with Crippen molar-refractivity contribution >= 4 is 11.4 Å². The first-order valence-corrected chi connectivity index (χ1v) is 5.08. The molecule has 0 bridgehead atoms. The zero-order valence-corrected chi connectivity index (χ0v) is 9.98. The van der Waals surface area contributed by atoms with Crippen molar-refractivity contribution in [3.63, 3.8) is 0 Å². The fourth-order valence-electron chi connectivity index (χ4n) is 1.35. The largest absolute Gasteiger partial charge is 0.394 e. The summed E-state index contributed by atoms with van der Waals surface area (Å²) < 4.78 is 13.2. The molecule has 0 aliphatic heterocycles. The minimum absolute atomic E-state index is 0.147. The number of aliphatic hydroxyl groups excluding tert-OH is 1. The van der Waals surface area contributed by atoms with Gasteiger partial charge in [-0.1, -0.05) is 0 Å². The Hall–Kier alpha value is -1.69. The Morgan fingerprint density at radius 2 is 2.12 bits per heavy atom. The summed E-state index contributed by atoms with van der Waals surface area (Å²) in [6.45, 7) is 3.22. The van der Waals surface area contributed by atoms with Gasteiger partial charge in [-0.3, -0.25) is 10.1 Å². The Morgan fingerprint density at radius 1 is 1.53 bits per heavy atom. The highest BCUT2D eigenvalue weighted by atomic mass is 19.1. The van der Waals surface area contributed by atoms with Crippen molar-refractivity contribution in [2.45, 2.75) is 19.4 Å². The SMILES string of the molecule is CN(c1cc(F)ccc1[N+](=O)[O-])C(C)(C)CO. The van der Waals surface area contributed by atoms with Crippen LogP contribution in [0.1, 0.15) is 13.8 Å². The van der Waals surface area contributed by atoms with Gasteiger partial charge in [0.25, 0.3) is 5.69 Å². The molecule has 0 aliphatic rings. The Balaban J connectivity index is 3.29. The van der Waals surface area contributed by atoms with Crippen molar-refractivity contribution in [3.05, 3.63) is 34.1 Å². The molecule has 0 spiro atoms. The summed E-state index contributed by atoms with van der Waals surface area (Å²) in [7, 11) is 1.58. The molecule has 1 N–H and O–H groups in total. The molecule has 0 aliphatic carbocycles. The number of aliphatic hydroxyl groups is 1. The second kappa shape index (κ2) is 4.67. The van der Waals surface area contributed by atoms with Gasteiger partial charge in [-0.15, -0.1) is 0 Å². The summed E-state index contributed by atoms with van der Waals surface area (Å²) in [5.74, 6) is -0.550. The molecule has 1 aromatic rings. The lowest BCUT2D eigenvalue weighted by Gasteiger charge is -2.35. The molecular weight excluding hydrogens is 227 g/mol. The normalized spacial score (nSPS) is 11.4. The number of nitro groups is 1. The summed E-state index contributed by atoms with van der Waals surface area (Å²) in [5, 5.41) is 20.1. The Labute approximate surface area is 98.6 Å². The molecule has 6 heteroatoms. The van der Waals surface area contributed by atoms with E-state index in [1.165, 1.54) is 4.90 Å². The molecule has 0 radical (unpaired) electrons. The van der Waals surface area contributed by atoms with Gasteiger partial charge in [0.05, 0.1) is 17.1 Å². The lowest BCUT2D eigenvalue weighted by atomic mass is 10.0. The Kier molecular flexibility index (Phi) is 3.67. The van der Waals surface area contributed by atoms with E-state index in [4.69, 9.17) is 0 Å². The lowest BCUT2D eigenvalue weighted by Crippen LogP contribution is -2.44. The minimum atomic E-state index is -0.710. The predicted molar refractivity (Wildman–Crippen MR) is 62.6 cm³/mol. The molecule has 0 fully saturated rings. The number of halogens is 1. The van der Waals surface area contributed by atoms with Gasteiger partial charge in [0.15, 0.2) is 0 Å². The maximum atomic E-state index is 13.2. The van der Waals surface area contributed by atoms with Crippen LogP contribution in [-0.4, -0.2) is 29.2 Å². The van der Waals surface area contributed by atoms with Gasteiger partial charge in [0, 0.05) is 19.2 Å². The van der Waals surface area contributed by atoms with Gasteiger partial charge < -0.3 is 10.0 Å². The second-order valence-corrected chi connectivity index (χ2v) is 4.42. The van der Waals surface area contributed by atoms with Crippen molar-refractivity contribution in [1.82, 2.24) is 0 Å². The van der Waals surface area contributed by atoms with Crippen molar-refractivity contribution in [2.24, 2.45) is 0 Å². The van der Waals surface area contributed by atoms with Gasteiger partial charge in [-0.25, -0.2) is 4.39 Å². The number of anilines is 1. The average Bonchev–Trinajstić information content (AvgIpc) is 2.27. The summed E-state index contributed by atoms with van der Waals surface area (Å²) in [6.07, 6.45) is 0. The van der Waals surface area contributed by atoms with E-state index in [0.717, 1.165) is 18.2 Å². The average molecular weight is 242 g/mol. The molecule has 0 amide bonds. The first kappa shape index (κ1) is 13.4. The number of benzene rings is 1. The van der Waals surface area contributed by atoms with Crippen LogP contribution in [0.5, 0.6) is 0 Å². The third-order valence-electron chi connectivity index (χ3n) is 2.79. The molecular formula is C11H15FN2O3. The number of nitrogens with zero attached hydrogens (tertiary/aromatic N) is 2. The summed E-state index contributed by atoms with van der Waals surface area (Å²) >= 11 is 0. The van der Waals surface area contributed by atoms with Gasteiger partial charge in [-0.05, 0) is 19.9 Å². The van der Waals surface area contributed by atoms with Crippen LogP contribution in [0, 0.1) is 15.9 Å². The van der Waals surface area contributed by atoms with Crippen molar-refractivity contribution in [3.8, 4) is 0 Å². The third kappa shape index (κ3) is 2.71. The lowest BCUT2D eigenvalue weighted by molar-refractivity contribution is -0.384. The van der Waals surface area contributed by atoms with Gasteiger partial charge >= 0.3 is 0 Å². The molecule has 1 aromatic carbocycles. The van der Waals surface area contributed by atoms with E-state index >= 15 is 0 Å². The molecule has 0 saturated heterocycles. The number of hydrogen-bond donors (Lipinski definition) is 1. The number of rotatable bonds is 4. The first-order valence-electron chi connectivity index (χ1n) is 5.08. The molecule has 0 aromatic heterocycles. The zero-order valence-electron chi connectivity index (χ0n) is 9.98. The molecule has 5 nitrogen and oxygen atoms in total. The van der Waals surface area contributed by atoms with Crippen LogP contribution in [0.4, 0.5) is 15.8 Å². The van der Waals surface area contributed by atoms with Crippen LogP contribution in [0.25, 0.3) is 0 Å². The van der Waals surface area contributed by atoms with E-state index in [2.05, 4.69) is 0 Å². The molecule has 0 atom stereocenters. The fraction of sp³-hybridized carbons (Fsp3) is 0.455. The van der Waals surface area contributed by atoms with Gasteiger partial charge in [-0.2, -0.15) is 0 Å². The third-order valence-corrected chi connectivity index (χ3v) is 2.79. The van der Waals surface area contributed by atoms with Crippen LogP contribution < -0.4 is 4.90 Å². The highest BCUT2D eigenvalue weighted by Crippen LogP contribution is 2.32. The van der Waals surface area contributed by atoms with Crippen LogP contribution in [-0.2, 0) is 0 Å². The fourth-order valence-corrected chi connectivity index (χ4v) is 1.35. The molecule has 1 rings (SSSR count). The first-order chi connectivity index (χ1) is 7.79. The molecule has 0 saturated carbocycles. The van der Waals surface area contributed by atoms with Gasteiger partial charge in [0.2, 0.25) is 0 Å². The van der Waals surface area contributed by atoms with E-state index in [9.17, 15) is 19.6 Å². The minimum Gasteiger partial charge on any atom is -0.394 e. The zero-order chi connectivity index (χ0) is 13.2. The predicted octanol–water partition coefficient (Wildman–Crippen LogP) is 1.94. The van der Waals surface area contributed by atoms with E-state index in [-0.39, 0.29) is 18.0 Å². The monoisotopic (exact) mass is 242 g/mol. The van der Waals surface area contributed by atoms with Crippen LogP contribution in [0.15, 0.2) is 18.2 Å². The van der Waals surface area contributed by atoms with Crippen molar-refractivity contribution in [2.75, 3.05) is 18.6 Å². The maximum absolute atomic E-state index is 13.2. The van der Waals surface area contributed by atoms with E-state index in [0.29, 0.717) is 0 Å². The van der Waals surface area contributed by atoms with E-state index in [1.54, 1.807) is 20.9 Å². The highest BCUT2D eigenvalue weighted by Gasteiger charge is 2.28. The summed E-state index contributed by atoms with van der Waals surface area (Å²) in [5.41, 5.74) is -0.747. The van der Waals surface area contributed by atoms with E-state index < -0.39 is 16.3 Å². The Morgan fingerprint density at radius 3 is 2.59 bits per heavy atom. The molecule has 94 valence electrons. The number of likely N-dealkylation sites (N-methyl/N-ethyl adjacent to an activating group) is 1. The summed E-state index contributed by atoms with van der Waals surface area (Å²) in [6, 6.07) is 3.26. The Bertz CT molecular complexity index is 435. The second-order valence-electron chi connectivity index (χ2n) is 4.42. The molecule has 17 heavy (non-hydrogen) atoms. The van der Waals surface area contributed by atoms with Crippen molar-refractivity contribution < 1.29 is 14.4 Å². The number of nitro benzene ring substituents is 1.